The summed E-state index contributed by atoms with van der Waals surface area (Å²) in [5, 5.41) is 7.59. The summed E-state index contributed by atoms with van der Waals surface area (Å²) in [7, 11) is 3.95. The molecule has 0 amide bonds. The highest BCUT2D eigenvalue weighted by molar-refractivity contribution is 5.96. The molecular weight excluding hydrogens is 445 g/mol. The predicted octanol–water partition coefficient (Wildman–Crippen LogP) is 4.26. The lowest BCUT2D eigenvalue weighted by atomic mass is 10.1. The Hall–Kier alpha value is -4.44. The van der Waals surface area contributed by atoms with Crippen LogP contribution in [0.2, 0.25) is 0 Å². The van der Waals surface area contributed by atoms with Gasteiger partial charge in [-0.05, 0) is 44.8 Å². The van der Waals surface area contributed by atoms with Crippen molar-refractivity contribution in [1.82, 2.24) is 44.6 Å². The topological polar surface area (TPSA) is 104 Å². The van der Waals surface area contributed by atoms with Gasteiger partial charge in [0.1, 0.15) is 16.9 Å². The van der Waals surface area contributed by atoms with Crippen molar-refractivity contribution in [2.45, 2.75) is 13.5 Å². The minimum absolute atomic E-state index is 0.221. The van der Waals surface area contributed by atoms with Gasteiger partial charge in [-0.3, -0.25) is 15.1 Å². The highest BCUT2D eigenvalue weighted by Gasteiger charge is 2.21. The molecule has 5 aromatic heterocycles. The number of H-pyrrole nitrogens is 2. The lowest BCUT2D eigenvalue weighted by Gasteiger charge is -2.10. The van der Waals surface area contributed by atoms with Crippen molar-refractivity contribution in [3.8, 4) is 28.5 Å². The molecule has 0 unspecified atom stereocenters. The second kappa shape index (κ2) is 8.10. The Morgan fingerprint density at radius 2 is 1.94 bits per heavy atom. The average Bonchev–Trinajstić information content (AvgIpc) is 3.56. The fourth-order valence-corrected chi connectivity index (χ4v) is 4.31. The van der Waals surface area contributed by atoms with E-state index in [0.29, 0.717) is 34.5 Å². The summed E-state index contributed by atoms with van der Waals surface area (Å²) in [6, 6.07) is 7.74. The van der Waals surface area contributed by atoms with Crippen LogP contribution in [0.25, 0.3) is 50.4 Å². The molecule has 0 aliphatic carbocycles. The summed E-state index contributed by atoms with van der Waals surface area (Å²) in [5.41, 5.74) is 6.02. The van der Waals surface area contributed by atoms with Crippen LogP contribution in [0.5, 0.6) is 0 Å². The highest BCUT2D eigenvalue weighted by Crippen LogP contribution is 2.33. The maximum absolute atomic E-state index is 15.9. The smallest absolute Gasteiger partial charge is 0.161 e. The number of hydrogen-bond donors (Lipinski definition) is 2. The molecule has 174 valence electrons. The summed E-state index contributed by atoms with van der Waals surface area (Å²) in [4.78, 5) is 23.1. The predicted molar refractivity (Wildman–Crippen MR) is 131 cm³/mol. The number of aromatic nitrogens is 8. The van der Waals surface area contributed by atoms with E-state index in [1.807, 2.05) is 60.9 Å². The van der Waals surface area contributed by atoms with E-state index < -0.39 is 5.82 Å². The molecule has 6 aromatic rings. The third-order valence-electron chi connectivity index (χ3n) is 5.82. The molecule has 0 aliphatic rings. The lowest BCUT2D eigenvalue weighted by Crippen LogP contribution is -2.10. The molecule has 5 heterocycles. The van der Waals surface area contributed by atoms with Crippen molar-refractivity contribution in [3.63, 3.8) is 0 Å². The van der Waals surface area contributed by atoms with E-state index in [2.05, 4.69) is 30.1 Å². The second-order valence-corrected chi connectivity index (χ2v) is 8.78. The number of nitrogens with one attached hydrogen (secondary N) is 2. The number of rotatable bonds is 5. The maximum atomic E-state index is 15.9. The van der Waals surface area contributed by atoms with E-state index in [0.717, 1.165) is 28.0 Å². The molecule has 35 heavy (non-hydrogen) atoms. The molecule has 0 spiro atoms. The number of pyridine rings is 2. The van der Waals surface area contributed by atoms with Gasteiger partial charge in [-0.2, -0.15) is 5.10 Å². The van der Waals surface area contributed by atoms with Crippen molar-refractivity contribution in [1.29, 1.82) is 0 Å². The zero-order valence-electron chi connectivity index (χ0n) is 19.4. The van der Waals surface area contributed by atoms with Gasteiger partial charge in [0, 0.05) is 30.7 Å². The maximum Gasteiger partial charge on any atom is 0.161 e. The number of imidazole rings is 2. The molecule has 0 radical (unpaired) electrons. The van der Waals surface area contributed by atoms with Gasteiger partial charge in [0.25, 0.3) is 0 Å². The van der Waals surface area contributed by atoms with Crippen LogP contribution in [-0.2, 0) is 6.54 Å². The van der Waals surface area contributed by atoms with Crippen LogP contribution in [0.1, 0.15) is 11.3 Å². The van der Waals surface area contributed by atoms with Crippen LogP contribution < -0.4 is 0 Å². The van der Waals surface area contributed by atoms with Gasteiger partial charge in [-0.1, -0.05) is 6.07 Å². The minimum atomic E-state index is -0.471. The first-order valence-corrected chi connectivity index (χ1v) is 11.1. The van der Waals surface area contributed by atoms with Gasteiger partial charge in [-0.15, -0.1) is 0 Å². The van der Waals surface area contributed by atoms with Gasteiger partial charge >= 0.3 is 0 Å². The first-order valence-electron chi connectivity index (χ1n) is 11.1. The monoisotopic (exact) mass is 467 g/mol. The molecule has 0 atom stereocenters. The molecule has 9 nitrogen and oxygen atoms in total. The highest BCUT2D eigenvalue weighted by atomic mass is 19.1. The quantitative estimate of drug-likeness (QED) is 0.393. The summed E-state index contributed by atoms with van der Waals surface area (Å²) in [6.07, 6.45) is 8.67. The van der Waals surface area contributed by atoms with Crippen molar-refractivity contribution >= 4 is 21.9 Å². The number of halogens is 1. The van der Waals surface area contributed by atoms with Crippen LogP contribution in [0.4, 0.5) is 4.39 Å². The lowest BCUT2D eigenvalue weighted by molar-refractivity contribution is 0.402. The van der Waals surface area contributed by atoms with Gasteiger partial charge in [0.15, 0.2) is 11.6 Å². The molecule has 0 fully saturated rings. The standard InChI is InChI=1S/C25H22FN9/c1-14-11-35(13-29-14)19-6-4-5-17-23(19)31-25(30-17)24-20-18(32-33-24)10-28-22(21(20)26)16-7-15(8-27-9-16)12-34(2)3/h4-11,13H,12H2,1-3H3,(H,30,31)(H,32,33). The fraction of sp³-hybridized carbons (Fsp3) is 0.160. The van der Waals surface area contributed by atoms with E-state index in [4.69, 9.17) is 4.98 Å². The van der Waals surface area contributed by atoms with Crippen LogP contribution >= 0.6 is 0 Å². The molecule has 0 saturated heterocycles. The van der Waals surface area contributed by atoms with Gasteiger partial charge in [0.2, 0.25) is 0 Å². The van der Waals surface area contributed by atoms with E-state index in [9.17, 15) is 0 Å². The van der Waals surface area contributed by atoms with E-state index in [1.165, 1.54) is 0 Å². The van der Waals surface area contributed by atoms with Crippen molar-refractivity contribution in [2.75, 3.05) is 14.1 Å². The van der Waals surface area contributed by atoms with Gasteiger partial charge in [-0.25, -0.2) is 14.4 Å². The van der Waals surface area contributed by atoms with Crippen molar-refractivity contribution in [3.05, 3.63) is 72.5 Å². The van der Waals surface area contributed by atoms with Crippen LogP contribution in [0.15, 0.2) is 55.4 Å². The zero-order chi connectivity index (χ0) is 24.1. The first-order chi connectivity index (χ1) is 17.0. The largest absolute Gasteiger partial charge is 0.336 e. The summed E-state index contributed by atoms with van der Waals surface area (Å²) in [6.45, 7) is 2.63. The SMILES string of the molecule is Cc1cn(-c2cccc3[nH]c(-c4n[nH]c5cnc(-c6cncc(CN(C)C)c6)c(F)c45)nc23)cn1. The fourth-order valence-electron chi connectivity index (χ4n) is 4.31. The second-order valence-electron chi connectivity index (χ2n) is 8.78. The van der Waals surface area contributed by atoms with Crippen molar-refractivity contribution in [2.24, 2.45) is 0 Å². The minimum Gasteiger partial charge on any atom is -0.336 e. The number of nitrogens with zero attached hydrogens (tertiary/aromatic N) is 7. The third-order valence-corrected chi connectivity index (χ3v) is 5.82. The molecule has 6 rings (SSSR count). The van der Waals surface area contributed by atoms with E-state index in [-0.39, 0.29) is 5.69 Å². The van der Waals surface area contributed by atoms with Crippen LogP contribution in [-0.4, -0.2) is 58.7 Å². The van der Waals surface area contributed by atoms with Crippen LogP contribution in [0, 0.1) is 12.7 Å². The van der Waals surface area contributed by atoms with Crippen LogP contribution in [0.3, 0.4) is 0 Å². The molecule has 0 bridgehead atoms. The van der Waals surface area contributed by atoms with Crippen molar-refractivity contribution < 1.29 is 4.39 Å². The molecule has 0 saturated carbocycles. The number of aryl methyl sites for hydroxylation is 1. The summed E-state index contributed by atoms with van der Waals surface area (Å²) < 4.78 is 17.8. The average molecular weight is 468 g/mol. The Morgan fingerprint density at radius 1 is 1.06 bits per heavy atom. The molecule has 1 aromatic carbocycles. The number of para-hydroxylation sites is 1. The zero-order valence-corrected chi connectivity index (χ0v) is 19.4. The Kier molecular flexibility index (Phi) is 4.89. The number of hydrogen-bond acceptors (Lipinski definition) is 6. The summed E-state index contributed by atoms with van der Waals surface area (Å²) >= 11 is 0. The Balaban J connectivity index is 1.49. The molecule has 10 heteroatoms. The Bertz CT molecular complexity index is 1690. The number of benzene rings is 1. The first kappa shape index (κ1) is 21.1. The molecular formula is C25H22FN9. The molecule has 0 aliphatic heterocycles. The van der Waals surface area contributed by atoms with E-state index >= 15 is 4.39 Å². The number of fused-ring (bicyclic) bond motifs is 2. The Morgan fingerprint density at radius 3 is 2.74 bits per heavy atom. The third kappa shape index (κ3) is 3.64. The summed E-state index contributed by atoms with van der Waals surface area (Å²) in [5.74, 6) is -0.00737. The number of aromatic amines is 2. The normalized spacial score (nSPS) is 11.8. The molecule has 2 N–H and O–H groups in total. The van der Waals surface area contributed by atoms with E-state index in [1.54, 1.807) is 24.9 Å². The van der Waals surface area contributed by atoms with Gasteiger partial charge in [0.05, 0.1) is 40.3 Å². The van der Waals surface area contributed by atoms with Gasteiger partial charge < -0.3 is 14.5 Å². The Labute approximate surface area is 199 Å².